The smallest absolute Gasteiger partial charge is 0.410 e. The maximum atomic E-state index is 12.2. The first-order chi connectivity index (χ1) is 14.8. The molecule has 174 valence electrons. The van der Waals surface area contributed by atoms with Crippen molar-refractivity contribution in [3.05, 3.63) is 18.2 Å². The molecule has 0 spiro atoms. The van der Waals surface area contributed by atoms with Gasteiger partial charge in [-0.2, -0.15) is 0 Å². The molecule has 2 rings (SSSR count). The Morgan fingerprint density at radius 2 is 1.77 bits per heavy atom. The van der Waals surface area contributed by atoms with Gasteiger partial charge in [-0.15, -0.1) is 0 Å². The molecule has 9 heteroatoms. The van der Waals surface area contributed by atoms with Gasteiger partial charge < -0.3 is 29.7 Å². The SMILES string of the molecule is CN=C(NCCCN1CCN(C(=O)OC(C)(C)C)CC1)Nc1ccc(OC)c(OC)c1. The van der Waals surface area contributed by atoms with Gasteiger partial charge in [0, 0.05) is 51.5 Å². The summed E-state index contributed by atoms with van der Waals surface area (Å²) >= 11 is 0. The van der Waals surface area contributed by atoms with Crippen LogP contribution in [0.4, 0.5) is 10.5 Å². The molecule has 2 N–H and O–H groups in total. The molecular formula is C22H37N5O4. The summed E-state index contributed by atoms with van der Waals surface area (Å²) in [5.41, 5.74) is 0.410. The zero-order chi connectivity index (χ0) is 22.9. The van der Waals surface area contributed by atoms with Crippen molar-refractivity contribution in [2.75, 3.05) is 65.9 Å². The monoisotopic (exact) mass is 435 g/mol. The second-order valence-electron chi connectivity index (χ2n) is 8.36. The second-order valence-corrected chi connectivity index (χ2v) is 8.36. The van der Waals surface area contributed by atoms with Gasteiger partial charge in [0.1, 0.15) is 5.60 Å². The van der Waals surface area contributed by atoms with Gasteiger partial charge in [-0.05, 0) is 45.9 Å². The zero-order valence-corrected chi connectivity index (χ0v) is 19.7. The third kappa shape index (κ3) is 8.16. The maximum absolute atomic E-state index is 12.2. The van der Waals surface area contributed by atoms with E-state index in [2.05, 4.69) is 20.5 Å². The predicted molar refractivity (Wildman–Crippen MR) is 123 cm³/mol. The lowest BCUT2D eigenvalue weighted by atomic mass is 10.2. The van der Waals surface area contributed by atoms with Crippen molar-refractivity contribution >= 4 is 17.7 Å². The number of piperazine rings is 1. The number of carbonyl (C=O) groups excluding carboxylic acids is 1. The predicted octanol–water partition coefficient (Wildman–Crippen LogP) is 2.63. The van der Waals surface area contributed by atoms with Gasteiger partial charge in [0.25, 0.3) is 0 Å². The number of hydrogen-bond donors (Lipinski definition) is 2. The van der Waals surface area contributed by atoms with E-state index in [1.807, 2.05) is 39.0 Å². The van der Waals surface area contributed by atoms with E-state index in [0.717, 1.165) is 38.3 Å². The number of carbonyl (C=O) groups is 1. The highest BCUT2D eigenvalue weighted by Gasteiger charge is 2.25. The Kier molecular flexibility index (Phi) is 9.23. The van der Waals surface area contributed by atoms with Crippen LogP contribution in [0.5, 0.6) is 11.5 Å². The van der Waals surface area contributed by atoms with Crippen molar-refractivity contribution < 1.29 is 19.0 Å². The van der Waals surface area contributed by atoms with E-state index in [1.165, 1.54) is 0 Å². The summed E-state index contributed by atoms with van der Waals surface area (Å²) in [6.07, 6.45) is 0.748. The largest absolute Gasteiger partial charge is 0.493 e. The average molecular weight is 436 g/mol. The minimum absolute atomic E-state index is 0.223. The summed E-state index contributed by atoms with van der Waals surface area (Å²) in [5.74, 6) is 2.04. The number of anilines is 1. The maximum Gasteiger partial charge on any atom is 0.410 e. The van der Waals surface area contributed by atoms with Gasteiger partial charge >= 0.3 is 6.09 Å². The first kappa shape index (κ1) is 24.6. The minimum Gasteiger partial charge on any atom is -0.493 e. The highest BCUT2D eigenvalue weighted by atomic mass is 16.6. The first-order valence-electron chi connectivity index (χ1n) is 10.7. The van der Waals surface area contributed by atoms with Crippen molar-refractivity contribution in [3.8, 4) is 11.5 Å². The van der Waals surface area contributed by atoms with Crippen molar-refractivity contribution in [2.45, 2.75) is 32.8 Å². The number of ether oxygens (including phenoxy) is 3. The number of hydrogen-bond acceptors (Lipinski definition) is 6. The molecule has 1 aliphatic rings. The van der Waals surface area contributed by atoms with Crippen LogP contribution in [-0.4, -0.2) is 88.0 Å². The van der Waals surface area contributed by atoms with Crippen LogP contribution in [0, 0.1) is 0 Å². The molecule has 1 aliphatic heterocycles. The van der Waals surface area contributed by atoms with Crippen LogP contribution in [-0.2, 0) is 4.74 Å². The Morgan fingerprint density at radius 3 is 2.35 bits per heavy atom. The fraction of sp³-hybridized carbons (Fsp3) is 0.636. The highest BCUT2D eigenvalue weighted by Crippen LogP contribution is 2.29. The minimum atomic E-state index is -0.455. The summed E-state index contributed by atoms with van der Waals surface area (Å²) in [6.45, 7) is 10.5. The van der Waals surface area contributed by atoms with E-state index < -0.39 is 5.60 Å². The van der Waals surface area contributed by atoms with Gasteiger partial charge in [0.05, 0.1) is 14.2 Å². The molecule has 1 amide bonds. The summed E-state index contributed by atoms with van der Waals surface area (Å²) in [6, 6.07) is 5.64. The Labute approximate surface area is 185 Å². The topological polar surface area (TPSA) is 87.7 Å². The first-order valence-corrected chi connectivity index (χ1v) is 10.7. The number of amides is 1. The molecule has 9 nitrogen and oxygen atoms in total. The fourth-order valence-electron chi connectivity index (χ4n) is 3.22. The van der Waals surface area contributed by atoms with Crippen molar-refractivity contribution in [3.63, 3.8) is 0 Å². The number of nitrogens with one attached hydrogen (secondary N) is 2. The van der Waals surface area contributed by atoms with Crippen LogP contribution in [0.25, 0.3) is 0 Å². The molecular weight excluding hydrogens is 398 g/mol. The Balaban J connectivity index is 1.69. The molecule has 0 radical (unpaired) electrons. The molecule has 0 saturated carbocycles. The van der Waals surface area contributed by atoms with E-state index in [1.54, 1.807) is 26.2 Å². The van der Waals surface area contributed by atoms with E-state index in [0.29, 0.717) is 30.5 Å². The quantitative estimate of drug-likeness (QED) is 0.387. The third-order valence-electron chi connectivity index (χ3n) is 4.84. The molecule has 0 unspecified atom stereocenters. The molecule has 0 atom stereocenters. The molecule has 0 aliphatic carbocycles. The lowest BCUT2D eigenvalue weighted by molar-refractivity contribution is 0.0145. The number of guanidine groups is 1. The summed E-state index contributed by atoms with van der Waals surface area (Å²) in [4.78, 5) is 20.6. The van der Waals surface area contributed by atoms with Crippen LogP contribution in [0.2, 0.25) is 0 Å². The fourth-order valence-corrected chi connectivity index (χ4v) is 3.22. The van der Waals surface area contributed by atoms with Crippen LogP contribution in [0.1, 0.15) is 27.2 Å². The van der Waals surface area contributed by atoms with E-state index in [4.69, 9.17) is 14.2 Å². The highest BCUT2D eigenvalue weighted by molar-refractivity contribution is 5.93. The van der Waals surface area contributed by atoms with Crippen molar-refractivity contribution in [1.29, 1.82) is 0 Å². The molecule has 1 heterocycles. The normalized spacial score (nSPS) is 15.4. The van der Waals surface area contributed by atoms with Gasteiger partial charge in [-0.1, -0.05) is 0 Å². The summed E-state index contributed by atoms with van der Waals surface area (Å²) in [5, 5.41) is 6.59. The number of methoxy groups -OCH3 is 2. The van der Waals surface area contributed by atoms with Gasteiger partial charge in [-0.25, -0.2) is 4.79 Å². The molecule has 1 aromatic carbocycles. The van der Waals surface area contributed by atoms with E-state index in [-0.39, 0.29) is 6.09 Å². The van der Waals surface area contributed by atoms with E-state index >= 15 is 0 Å². The number of rotatable bonds is 7. The molecule has 1 aromatic rings. The summed E-state index contributed by atoms with van der Waals surface area (Å²) in [7, 11) is 4.97. The van der Waals surface area contributed by atoms with E-state index in [9.17, 15) is 4.79 Å². The standard InChI is InChI=1S/C22H37N5O4/c1-22(2,3)31-21(28)27-14-12-26(13-15-27)11-7-10-24-20(23-4)25-17-8-9-18(29-5)19(16-17)30-6/h8-9,16H,7,10-15H2,1-6H3,(H2,23,24,25). The number of benzene rings is 1. The van der Waals surface area contributed by atoms with Gasteiger partial charge in [0.2, 0.25) is 0 Å². The Morgan fingerprint density at radius 1 is 1.10 bits per heavy atom. The lowest BCUT2D eigenvalue weighted by Gasteiger charge is -2.35. The third-order valence-corrected chi connectivity index (χ3v) is 4.84. The van der Waals surface area contributed by atoms with Crippen LogP contribution >= 0.6 is 0 Å². The van der Waals surface area contributed by atoms with Crippen molar-refractivity contribution in [1.82, 2.24) is 15.1 Å². The molecule has 1 fully saturated rings. The molecule has 0 bridgehead atoms. The number of nitrogens with zero attached hydrogens (tertiary/aromatic N) is 3. The van der Waals surface area contributed by atoms with Crippen LogP contribution in [0.3, 0.4) is 0 Å². The molecule has 1 saturated heterocycles. The summed E-state index contributed by atoms with van der Waals surface area (Å²) < 4.78 is 16.1. The molecule has 0 aromatic heterocycles. The molecule has 31 heavy (non-hydrogen) atoms. The van der Waals surface area contributed by atoms with Crippen LogP contribution < -0.4 is 20.1 Å². The van der Waals surface area contributed by atoms with Gasteiger partial charge in [-0.3, -0.25) is 9.89 Å². The number of aliphatic imine (C=N–C) groups is 1. The Bertz CT molecular complexity index is 740. The Hall–Kier alpha value is -2.68. The lowest BCUT2D eigenvalue weighted by Crippen LogP contribution is -2.50. The zero-order valence-electron chi connectivity index (χ0n) is 19.7. The van der Waals surface area contributed by atoms with Crippen LogP contribution in [0.15, 0.2) is 23.2 Å². The van der Waals surface area contributed by atoms with Crippen molar-refractivity contribution in [2.24, 2.45) is 4.99 Å². The second kappa shape index (κ2) is 11.6. The van der Waals surface area contributed by atoms with Gasteiger partial charge in [0.15, 0.2) is 17.5 Å². The average Bonchev–Trinajstić information content (AvgIpc) is 2.74.